The molecule has 0 fully saturated rings. The van der Waals surface area contributed by atoms with Gasteiger partial charge in [-0.15, -0.1) is 11.3 Å². The first-order valence-corrected chi connectivity index (χ1v) is 8.88. The highest BCUT2D eigenvalue weighted by molar-refractivity contribution is 7.16. The molecule has 2 heterocycles. The van der Waals surface area contributed by atoms with E-state index in [1.165, 1.54) is 18.4 Å². The van der Waals surface area contributed by atoms with E-state index in [1.54, 1.807) is 10.9 Å². The molecule has 0 saturated carbocycles. The van der Waals surface area contributed by atoms with E-state index in [4.69, 9.17) is 4.74 Å². The van der Waals surface area contributed by atoms with E-state index < -0.39 is 5.97 Å². The number of aryl methyl sites for hydroxylation is 1. The summed E-state index contributed by atoms with van der Waals surface area (Å²) in [5, 5.41) is 7.64. The number of hydrogen-bond acceptors (Lipinski definition) is 5. The van der Waals surface area contributed by atoms with E-state index in [2.05, 4.69) is 10.4 Å². The lowest BCUT2D eigenvalue weighted by Crippen LogP contribution is -2.16. The number of carbonyl (C=O) groups is 2. The minimum atomic E-state index is -0.445. The maximum atomic E-state index is 12.4. The van der Waals surface area contributed by atoms with Crippen LogP contribution in [-0.2, 0) is 16.0 Å². The summed E-state index contributed by atoms with van der Waals surface area (Å²) in [6.07, 6.45) is 3.66. The number of amides is 1. The molecule has 26 heavy (non-hydrogen) atoms. The molecule has 0 atom stereocenters. The predicted molar refractivity (Wildman–Crippen MR) is 101 cm³/mol. The number of nitrogens with zero attached hydrogens (tertiary/aromatic N) is 2. The Morgan fingerprint density at radius 1 is 1.23 bits per heavy atom. The molecular weight excluding hydrogens is 350 g/mol. The van der Waals surface area contributed by atoms with Gasteiger partial charge >= 0.3 is 5.97 Å². The highest BCUT2D eigenvalue weighted by Crippen LogP contribution is 2.33. The fourth-order valence-electron chi connectivity index (χ4n) is 2.59. The van der Waals surface area contributed by atoms with Crippen molar-refractivity contribution in [2.45, 2.75) is 20.3 Å². The first kappa shape index (κ1) is 17.9. The SMILES string of the molecule is COC(=O)c1c(NC(=O)Cc2cnn(-c3ccccc3)c2)sc(C)c1C. The molecule has 2 aromatic heterocycles. The Hall–Kier alpha value is -2.93. The van der Waals surface area contributed by atoms with Gasteiger partial charge < -0.3 is 10.1 Å². The zero-order valence-electron chi connectivity index (χ0n) is 14.8. The average molecular weight is 369 g/mol. The van der Waals surface area contributed by atoms with Crippen LogP contribution in [0.2, 0.25) is 0 Å². The number of hydrogen-bond donors (Lipinski definition) is 1. The van der Waals surface area contributed by atoms with Crippen molar-refractivity contribution in [2.24, 2.45) is 0 Å². The lowest BCUT2D eigenvalue weighted by atomic mass is 10.1. The number of nitrogens with one attached hydrogen (secondary N) is 1. The molecule has 0 aliphatic rings. The maximum Gasteiger partial charge on any atom is 0.341 e. The van der Waals surface area contributed by atoms with E-state index in [-0.39, 0.29) is 12.3 Å². The third kappa shape index (κ3) is 3.67. The number of carbonyl (C=O) groups excluding carboxylic acids is 2. The molecule has 1 amide bonds. The molecule has 1 aromatic carbocycles. The summed E-state index contributed by atoms with van der Waals surface area (Å²) in [5.41, 5.74) is 2.96. The summed E-state index contributed by atoms with van der Waals surface area (Å²) >= 11 is 1.37. The highest BCUT2D eigenvalue weighted by atomic mass is 32.1. The summed E-state index contributed by atoms with van der Waals surface area (Å²) in [4.78, 5) is 25.4. The Morgan fingerprint density at radius 3 is 2.65 bits per heavy atom. The van der Waals surface area contributed by atoms with Crippen LogP contribution in [-0.4, -0.2) is 28.8 Å². The van der Waals surface area contributed by atoms with Crippen LogP contribution in [0, 0.1) is 13.8 Å². The first-order valence-electron chi connectivity index (χ1n) is 8.06. The Kier molecular flexibility index (Phi) is 5.18. The second-order valence-corrected chi connectivity index (χ2v) is 7.06. The molecule has 0 radical (unpaired) electrons. The molecule has 7 heteroatoms. The molecule has 0 unspecified atom stereocenters. The number of rotatable bonds is 5. The number of anilines is 1. The highest BCUT2D eigenvalue weighted by Gasteiger charge is 2.21. The molecule has 3 aromatic rings. The van der Waals surface area contributed by atoms with Crippen LogP contribution >= 0.6 is 11.3 Å². The largest absolute Gasteiger partial charge is 0.465 e. The van der Waals surface area contributed by atoms with Gasteiger partial charge in [0.05, 0.1) is 31.0 Å². The van der Waals surface area contributed by atoms with Crippen molar-refractivity contribution >= 4 is 28.2 Å². The van der Waals surface area contributed by atoms with Crippen molar-refractivity contribution in [1.82, 2.24) is 9.78 Å². The number of aromatic nitrogens is 2. The molecule has 0 aliphatic carbocycles. The van der Waals surface area contributed by atoms with Gasteiger partial charge in [0.1, 0.15) is 5.00 Å². The Bertz CT molecular complexity index is 944. The quantitative estimate of drug-likeness (QED) is 0.699. The Balaban J connectivity index is 1.73. The van der Waals surface area contributed by atoms with Crippen molar-refractivity contribution in [2.75, 3.05) is 12.4 Å². The van der Waals surface area contributed by atoms with Crippen molar-refractivity contribution in [3.05, 3.63) is 64.3 Å². The van der Waals surface area contributed by atoms with Gasteiger partial charge in [0.25, 0.3) is 0 Å². The van der Waals surface area contributed by atoms with Crippen LogP contribution in [0.3, 0.4) is 0 Å². The minimum Gasteiger partial charge on any atom is -0.465 e. The molecule has 0 bridgehead atoms. The van der Waals surface area contributed by atoms with E-state index >= 15 is 0 Å². The van der Waals surface area contributed by atoms with Gasteiger partial charge in [-0.2, -0.15) is 5.10 Å². The molecular formula is C19H19N3O3S. The van der Waals surface area contributed by atoms with Crippen LogP contribution in [0.1, 0.15) is 26.4 Å². The van der Waals surface area contributed by atoms with Gasteiger partial charge in [-0.1, -0.05) is 18.2 Å². The van der Waals surface area contributed by atoms with Crippen LogP contribution < -0.4 is 5.32 Å². The average Bonchev–Trinajstić information content (AvgIpc) is 3.20. The number of thiophene rings is 1. The number of ether oxygens (including phenoxy) is 1. The number of benzene rings is 1. The first-order chi connectivity index (χ1) is 12.5. The maximum absolute atomic E-state index is 12.4. The predicted octanol–water partition coefficient (Wildman–Crippen LogP) is 3.52. The molecule has 134 valence electrons. The number of para-hydroxylation sites is 1. The van der Waals surface area contributed by atoms with Gasteiger partial charge in [-0.25, -0.2) is 9.48 Å². The summed E-state index contributed by atoms with van der Waals surface area (Å²) in [6.45, 7) is 3.75. The Labute approximate surface area is 155 Å². The number of methoxy groups -OCH3 is 1. The summed E-state index contributed by atoms with van der Waals surface area (Å²) in [6, 6.07) is 9.68. The van der Waals surface area contributed by atoms with Crippen LogP contribution in [0.15, 0.2) is 42.7 Å². The smallest absolute Gasteiger partial charge is 0.341 e. The van der Waals surface area contributed by atoms with E-state index in [0.29, 0.717) is 10.6 Å². The fourth-order valence-corrected chi connectivity index (χ4v) is 3.66. The monoisotopic (exact) mass is 369 g/mol. The molecule has 1 N–H and O–H groups in total. The third-order valence-electron chi connectivity index (χ3n) is 4.05. The van der Waals surface area contributed by atoms with Crippen molar-refractivity contribution in [3.8, 4) is 5.69 Å². The van der Waals surface area contributed by atoms with Crippen LogP contribution in [0.4, 0.5) is 5.00 Å². The third-order valence-corrected chi connectivity index (χ3v) is 5.17. The summed E-state index contributed by atoms with van der Waals surface area (Å²) in [5.74, 6) is -0.650. The fraction of sp³-hybridized carbons (Fsp3) is 0.211. The molecule has 0 saturated heterocycles. The van der Waals surface area contributed by atoms with Crippen LogP contribution in [0.25, 0.3) is 5.69 Å². The normalized spacial score (nSPS) is 10.6. The molecule has 0 aliphatic heterocycles. The Morgan fingerprint density at radius 2 is 1.96 bits per heavy atom. The van der Waals surface area contributed by atoms with Gasteiger partial charge in [0.15, 0.2) is 0 Å². The lowest BCUT2D eigenvalue weighted by molar-refractivity contribution is -0.115. The zero-order chi connectivity index (χ0) is 18.7. The van der Waals surface area contributed by atoms with Gasteiger partial charge in [-0.3, -0.25) is 4.79 Å². The van der Waals surface area contributed by atoms with E-state index in [9.17, 15) is 9.59 Å². The van der Waals surface area contributed by atoms with Crippen molar-refractivity contribution in [3.63, 3.8) is 0 Å². The van der Waals surface area contributed by atoms with Gasteiger partial charge in [0, 0.05) is 11.1 Å². The number of esters is 1. The minimum absolute atomic E-state index is 0.170. The van der Waals surface area contributed by atoms with E-state index in [0.717, 1.165) is 21.7 Å². The molecule has 6 nitrogen and oxygen atoms in total. The second kappa shape index (κ2) is 7.53. The van der Waals surface area contributed by atoms with E-state index in [1.807, 2.05) is 50.4 Å². The molecule has 3 rings (SSSR count). The van der Waals surface area contributed by atoms with Gasteiger partial charge in [-0.05, 0) is 37.1 Å². The van der Waals surface area contributed by atoms with Gasteiger partial charge in [0.2, 0.25) is 5.91 Å². The van der Waals surface area contributed by atoms with Crippen LogP contribution in [0.5, 0.6) is 0 Å². The summed E-state index contributed by atoms with van der Waals surface area (Å²) < 4.78 is 6.55. The second-order valence-electron chi connectivity index (χ2n) is 5.83. The van der Waals surface area contributed by atoms with Crippen molar-refractivity contribution < 1.29 is 14.3 Å². The molecule has 0 spiro atoms. The van der Waals surface area contributed by atoms with Crippen molar-refractivity contribution in [1.29, 1.82) is 0 Å². The lowest BCUT2D eigenvalue weighted by Gasteiger charge is -2.05. The zero-order valence-corrected chi connectivity index (χ0v) is 15.6. The summed E-state index contributed by atoms with van der Waals surface area (Å²) in [7, 11) is 1.33. The standard InChI is InChI=1S/C19H19N3O3S/c1-12-13(2)26-18(17(12)19(24)25-3)21-16(23)9-14-10-20-22(11-14)15-7-5-4-6-8-15/h4-8,10-11H,9H2,1-3H3,(H,21,23). The topological polar surface area (TPSA) is 73.2 Å².